The highest BCUT2D eigenvalue weighted by Gasteiger charge is 2.50. The van der Waals surface area contributed by atoms with E-state index in [0.29, 0.717) is 43.2 Å². The molecule has 6 heterocycles. The van der Waals surface area contributed by atoms with E-state index in [1.165, 1.54) is 22.9 Å². The lowest BCUT2D eigenvalue weighted by molar-refractivity contribution is -0.384. The Balaban J connectivity index is 0.835. The van der Waals surface area contributed by atoms with E-state index in [1.807, 2.05) is 18.2 Å². The second-order valence-electron chi connectivity index (χ2n) is 19.7. The molecule has 18 nitrogen and oxygen atoms in total. The highest BCUT2D eigenvalue weighted by molar-refractivity contribution is 7.90. The first-order chi connectivity index (χ1) is 34.8. The van der Waals surface area contributed by atoms with Crippen molar-refractivity contribution in [1.29, 1.82) is 0 Å². The van der Waals surface area contributed by atoms with Gasteiger partial charge in [0.1, 0.15) is 27.8 Å². The number of sulfonamides is 1. The van der Waals surface area contributed by atoms with E-state index in [-0.39, 0.29) is 41.2 Å². The summed E-state index contributed by atoms with van der Waals surface area (Å²) in [6.07, 6.45) is 8.18. The molecule has 6 aromatic rings. The van der Waals surface area contributed by atoms with Crippen LogP contribution in [0.1, 0.15) is 78.5 Å². The summed E-state index contributed by atoms with van der Waals surface area (Å²) >= 11 is 0. The predicted molar refractivity (Wildman–Crippen MR) is 272 cm³/mol. The topological polar surface area (TPSA) is 207 Å². The Labute approximate surface area is 419 Å². The Bertz CT molecular complexity index is 3020. The maximum absolute atomic E-state index is 14.0. The van der Waals surface area contributed by atoms with Crippen molar-refractivity contribution in [2.45, 2.75) is 75.1 Å². The number of aromatic amines is 1. The lowest BCUT2D eigenvalue weighted by atomic mass is 9.59. The summed E-state index contributed by atoms with van der Waals surface area (Å²) in [6.45, 7) is 11.3. The summed E-state index contributed by atoms with van der Waals surface area (Å²) < 4.78 is 52.3. The van der Waals surface area contributed by atoms with Gasteiger partial charge < -0.3 is 34.1 Å². The van der Waals surface area contributed by atoms with Crippen LogP contribution >= 0.6 is 0 Å². The third kappa shape index (κ3) is 10.6. The number of carbonyl (C=O) groups is 1. The molecule has 1 spiro atoms. The molecule has 1 amide bonds. The number of ether oxygens (including phenoxy) is 4. The fraction of sp³-hybridized carbons (Fsp3) is 0.415. The van der Waals surface area contributed by atoms with Crippen molar-refractivity contribution in [1.82, 2.24) is 29.5 Å². The second kappa shape index (κ2) is 20.8. The van der Waals surface area contributed by atoms with Crippen LogP contribution in [0, 0.1) is 15.5 Å². The quantitative estimate of drug-likeness (QED) is 0.0620. The van der Waals surface area contributed by atoms with Gasteiger partial charge in [-0.15, -0.1) is 0 Å². The third-order valence-electron chi connectivity index (χ3n) is 14.8. The number of nitrogens with zero attached hydrogens (tertiary/aromatic N) is 6. The molecule has 0 radical (unpaired) electrons. The number of carbonyl (C=O) groups excluding carboxylic acids is 1. The fourth-order valence-electron chi connectivity index (χ4n) is 10.9. The summed E-state index contributed by atoms with van der Waals surface area (Å²) in [4.78, 5) is 44.1. The molecule has 378 valence electrons. The van der Waals surface area contributed by atoms with Gasteiger partial charge in [-0.3, -0.25) is 24.7 Å². The SMILES string of the molecule is COc1ccc(CN2CCN(C3CC4(CCN(c5ccc(C(=O)NS(=O)(=O)c6cnc(NC[C@H]7COCCO7)c([N+](=O)[O-])c6)c(Oc6cnc7[nH]ccc7c6)c5)CC4)C3)[C@H](c3ccccc3C(C)C)C2)cc1. The predicted octanol–water partition coefficient (Wildman–Crippen LogP) is 8.04. The van der Waals surface area contributed by atoms with Crippen molar-refractivity contribution in [3.63, 3.8) is 0 Å². The highest BCUT2D eigenvalue weighted by atomic mass is 32.2. The zero-order chi connectivity index (χ0) is 50.0. The number of pyridine rings is 2. The first-order valence-electron chi connectivity index (χ1n) is 24.7. The molecule has 0 bridgehead atoms. The van der Waals surface area contributed by atoms with E-state index in [2.05, 4.69) is 89.9 Å². The van der Waals surface area contributed by atoms with Crippen LogP contribution in [0.3, 0.4) is 0 Å². The summed E-state index contributed by atoms with van der Waals surface area (Å²) in [6, 6.07) is 27.8. The van der Waals surface area contributed by atoms with Gasteiger partial charge in [0.15, 0.2) is 0 Å². The van der Waals surface area contributed by atoms with E-state index in [1.54, 1.807) is 37.6 Å². The molecule has 3 aromatic carbocycles. The largest absolute Gasteiger partial charge is 0.497 e. The average Bonchev–Trinajstić information content (AvgIpc) is 3.86. The number of fused-ring (bicyclic) bond motifs is 1. The number of amides is 1. The van der Waals surface area contributed by atoms with Crippen molar-refractivity contribution in [3.8, 4) is 17.2 Å². The van der Waals surface area contributed by atoms with E-state index in [4.69, 9.17) is 18.9 Å². The molecule has 3 N–H and O–H groups in total. The van der Waals surface area contributed by atoms with Crippen molar-refractivity contribution in [3.05, 3.63) is 136 Å². The molecule has 10 rings (SSSR count). The number of anilines is 2. The fourth-order valence-corrected chi connectivity index (χ4v) is 11.8. The standard InChI is InChI=1S/C53H61N9O9S/c1-35(2)44-6-4-5-7-45(44)48-33-59(32-36-8-11-40(68-3)12-9-36)20-21-61(48)39-27-53(28-39)15-18-60(19-16-53)38-10-13-46(49(25-38)71-41-24-37-14-17-54-50(37)55-29-41)52(63)58-72(66,67)43-26-47(62(64)65)51(57-31-43)56-30-42-34-69-22-23-70-42/h4-14,17,24-26,29,31,35,39,42,48H,15-16,18-23,27-28,30,32-34H2,1-3H3,(H,54,55)(H,56,57)(H,58,63)/t42-,48-/m0/s1. The molecule has 4 fully saturated rings. The van der Waals surface area contributed by atoms with Gasteiger partial charge in [-0.25, -0.2) is 23.1 Å². The van der Waals surface area contributed by atoms with Gasteiger partial charge in [-0.1, -0.05) is 50.2 Å². The van der Waals surface area contributed by atoms with E-state index in [0.717, 1.165) is 94.0 Å². The van der Waals surface area contributed by atoms with Crippen molar-refractivity contribution in [2.75, 3.05) is 76.4 Å². The van der Waals surface area contributed by atoms with E-state index in [9.17, 15) is 23.3 Å². The van der Waals surface area contributed by atoms with Gasteiger partial charge in [0.25, 0.3) is 15.9 Å². The number of nitrogens with one attached hydrogen (secondary N) is 3. The molecule has 19 heteroatoms. The number of aromatic nitrogens is 3. The Morgan fingerprint density at radius 2 is 1.76 bits per heavy atom. The summed E-state index contributed by atoms with van der Waals surface area (Å²) in [5, 5.41) is 15.7. The van der Waals surface area contributed by atoms with Gasteiger partial charge in [0, 0.05) is 87.3 Å². The van der Waals surface area contributed by atoms with Crippen LogP contribution in [0.25, 0.3) is 11.0 Å². The lowest BCUT2D eigenvalue weighted by Crippen LogP contribution is -2.60. The molecule has 3 aromatic heterocycles. The Morgan fingerprint density at radius 1 is 0.958 bits per heavy atom. The number of methoxy groups -OCH3 is 1. The molecule has 72 heavy (non-hydrogen) atoms. The molecule has 4 aliphatic rings. The number of hydrogen-bond donors (Lipinski definition) is 3. The van der Waals surface area contributed by atoms with Crippen LogP contribution in [0.4, 0.5) is 17.2 Å². The number of benzene rings is 3. The van der Waals surface area contributed by atoms with Crippen LogP contribution in [0.5, 0.6) is 17.2 Å². The van der Waals surface area contributed by atoms with Crippen LogP contribution in [-0.4, -0.2) is 122 Å². The van der Waals surface area contributed by atoms with Gasteiger partial charge in [0.05, 0.1) is 55.9 Å². The Morgan fingerprint density at radius 3 is 2.51 bits per heavy atom. The number of hydrogen-bond acceptors (Lipinski definition) is 15. The summed E-state index contributed by atoms with van der Waals surface area (Å²) in [5.74, 6) is 0.617. The van der Waals surface area contributed by atoms with E-state index < -0.39 is 31.4 Å². The molecule has 2 atom stereocenters. The van der Waals surface area contributed by atoms with Crippen molar-refractivity contribution in [2.24, 2.45) is 5.41 Å². The molecule has 1 saturated carbocycles. The van der Waals surface area contributed by atoms with Crippen LogP contribution in [0.2, 0.25) is 0 Å². The number of H-pyrrole nitrogens is 1. The van der Waals surface area contributed by atoms with Crippen molar-refractivity contribution >= 4 is 44.2 Å². The van der Waals surface area contributed by atoms with Gasteiger partial charge >= 0.3 is 5.69 Å². The highest BCUT2D eigenvalue weighted by Crippen LogP contribution is 2.53. The smallest absolute Gasteiger partial charge is 0.312 e. The molecular formula is C53H61N9O9S. The minimum Gasteiger partial charge on any atom is -0.497 e. The van der Waals surface area contributed by atoms with Gasteiger partial charge in [0.2, 0.25) is 5.82 Å². The van der Waals surface area contributed by atoms with Crippen molar-refractivity contribution < 1.29 is 37.1 Å². The molecule has 3 aliphatic heterocycles. The van der Waals surface area contributed by atoms with E-state index >= 15 is 0 Å². The first-order valence-corrected chi connectivity index (χ1v) is 26.2. The maximum Gasteiger partial charge on any atom is 0.312 e. The third-order valence-corrected chi connectivity index (χ3v) is 16.1. The monoisotopic (exact) mass is 999 g/mol. The lowest BCUT2D eigenvalue weighted by Gasteiger charge is -2.58. The van der Waals surface area contributed by atoms with Crippen LogP contribution < -0.4 is 24.4 Å². The number of piperazine rings is 1. The molecule has 1 aliphatic carbocycles. The number of rotatable bonds is 16. The van der Waals surface area contributed by atoms with Gasteiger partial charge in [-0.05, 0) is 90.1 Å². The van der Waals surface area contributed by atoms with Gasteiger partial charge in [-0.2, -0.15) is 0 Å². The first kappa shape index (κ1) is 49.0. The van der Waals surface area contributed by atoms with Crippen LogP contribution in [0.15, 0.2) is 108 Å². The molecule has 0 unspecified atom stereocenters. The maximum atomic E-state index is 14.0. The average molecular weight is 1000 g/mol. The zero-order valence-electron chi connectivity index (χ0n) is 40.8. The normalized spacial score (nSPS) is 19.8. The molecular weight excluding hydrogens is 939 g/mol. The Kier molecular flexibility index (Phi) is 14.2. The number of nitro groups is 1. The summed E-state index contributed by atoms with van der Waals surface area (Å²) in [7, 11) is -2.96. The second-order valence-corrected chi connectivity index (χ2v) is 21.4. The molecule has 3 saturated heterocycles. The zero-order valence-corrected chi connectivity index (χ0v) is 41.6. The van der Waals surface area contributed by atoms with Crippen LogP contribution in [-0.2, 0) is 26.0 Å². The minimum absolute atomic E-state index is 0.0556. The minimum atomic E-state index is -4.65. The summed E-state index contributed by atoms with van der Waals surface area (Å²) in [5.41, 5.74) is 5.20. The number of piperidine rings is 1. The Hall–Kier alpha value is -6.64.